The standard InChI is InChI=1S/C26H28FN5O3/c1-34-25-18(27)5-2-6-19(25)30-24-21-22-15(12-29-26(21)33)4-3-10-32-11-8-16(32)14-35-20-13-28-9-7-17(20)23(24)31-22/h2,5-7,9,13,15-16,30-31H,3-4,8,10-12,14H2,1H3,(H,29,33)/t15-,16+/m1/s1. The van der Waals surface area contributed by atoms with Crippen molar-refractivity contribution < 1.29 is 18.7 Å². The fourth-order valence-corrected chi connectivity index (χ4v) is 5.40. The Kier molecular flexibility index (Phi) is 5.56. The van der Waals surface area contributed by atoms with Crippen LogP contribution >= 0.6 is 0 Å². The second kappa shape index (κ2) is 8.88. The van der Waals surface area contributed by atoms with Crippen LogP contribution in [0.5, 0.6) is 11.5 Å². The van der Waals surface area contributed by atoms with Crippen LogP contribution in [0.15, 0.2) is 36.7 Å². The molecule has 0 unspecified atom stereocenters. The van der Waals surface area contributed by atoms with E-state index in [2.05, 4.69) is 25.5 Å². The first kappa shape index (κ1) is 21.9. The van der Waals surface area contributed by atoms with Gasteiger partial charge < -0.3 is 25.1 Å². The molecule has 35 heavy (non-hydrogen) atoms. The third kappa shape index (κ3) is 3.80. The zero-order chi connectivity index (χ0) is 23.9. The highest BCUT2D eigenvalue weighted by atomic mass is 19.1. The summed E-state index contributed by atoms with van der Waals surface area (Å²) in [6, 6.07) is 6.97. The van der Waals surface area contributed by atoms with Crippen LogP contribution in [0.2, 0.25) is 0 Å². The predicted molar refractivity (Wildman–Crippen MR) is 130 cm³/mol. The molecule has 1 aromatic carbocycles. The zero-order valence-corrected chi connectivity index (χ0v) is 19.6. The number of carbonyl (C=O) groups is 1. The predicted octanol–water partition coefficient (Wildman–Crippen LogP) is 4.04. The number of amides is 1. The van der Waals surface area contributed by atoms with Crippen molar-refractivity contribution in [3.8, 4) is 22.8 Å². The van der Waals surface area contributed by atoms with Crippen molar-refractivity contribution in [2.24, 2.45) is 0 Å². The van der Waals surface area contributed by atoms with Gasteiger partial charge in [-0.2, -0.15) is 0 Å². The van der Waals surface area contributed by atoms with Gasteiger partial charge in [0.25, 0.3) is 5.91 Å². The largest absolute Gasteiger partial charge is 0.492 e. The molecule has 2 aromatic heterocycles. The molecule has 2 bridgehead atoms. The molecule has 182 valence electrons. The SMILES string of the molecule is COc1c(F)cccc1Nc1c2[nH]c3c1C(=O)NC[C@H]3CCCN1CC[C@H]1COc1cnccc1-2. The van der Waals surface area contributed by atoms with Crippen LogP contribution in [0.1, 0.15) is 41.2 Å². The molecule has 3 aromatic rings. The molecule has 1 fully saturated rings. The van der Waals surface area contributed by atoms with E-state index in [0.717, 1.165) is 43.6 Å². The molecule has 3 aliphatic rings. The molecule has 2 atom stereocenters. The number of fused-ring (bicyclic) bond motifs is 4. The van der Waals surface area contributed by atoms with Gasteiger partial charge in [-0.05, 0) is 44.0 Å². The van der Waals surface area contributed by atoms with E-state index in [1.807, 2.05) is 6.07 Å². The lowest BCUT2D eigenvalue weighted by atomic mass is 9.91. The highest BCUT2D eigenvalue weighted by Gasteiger charge is 2.35. The molecule has 0 radical (unpaired) electrons. The number of halogens is 1. The second-order valence-electron chi connectivity index (χ2n) is 9.32. The van der Waals surface area contributed by atoms with Gasteiger partial charge in [-0.1, -0.05) is 6.07 Å². The maximum Gasteiger partial charge on any atom is 0.255 e. The van der Waals surface area contributed by atoms with Crippen molar-refractivity contribution in [1.82, 2.24) is 20.2 Å². The van der Waals surface area contributed by atoms with E-state index in [1.165, 1.54) is 13.2 Å². The van der Waals surface area contributed by atoms with Crippen LogP contribution in [0.25, 0.3) is 11.3 Å². The minimum Gasteiger partial charge on any atom is -0.492 e. The summed E-state index contributed by atoms with van der Waals surface area (Å²) in [7, 11) is 1.43. The Labute approximate surface area is 202 Å². The summed E-state index contributed by atoms with van der Waals surface area (Å²) in [5, 5.41) is 6.38. The van der Waals surface area contributed by atoms with Crippen LogP contribution in [-0.4, -0.2) is 60.2 Å². The lowest BCUT2D eigenvalue weighted by Crippen LogP contribution is -2.51. The van der Waals surface area contributed by atoms with E-state index in [1.54, 1.807) is 24.5 Å². The summed E-state index contributed by atoms with van der Waals surface area (Å²) < 4.78 is 26.1. The minimum atomic E-state index is -0.481. The number of nitrogens with one attached hydrogen (secondary N) is 3. The lowest BCUT2D eigenvalue weighted by Gasteiger charge is -2.41. The Morgan fingerprint density at radius 2 is 2.17 bits per heavy atom. The van der Waals surface area contributed by atoms with E-state index in [-0.39, 0.29) is 17.6 Å². The zero-order valence-electron chi connectivity index (χ0n) is 19.6. The number of hydrogen-bond donors (Lipinski definition) is 3. The summed E-state index contributed by atoms with van der Waals surface area (Å²) >= 11 is 0. The maximum absolute atomic E-state index is 14.5. The number of para-hydroxylation sites is 1. The Morgan fingerprint density at radius 3 is 3.00 bits per heavy atom. The summed E-state index contributed by atoms with van der Waals surface area (Å²) in [4.78, 5) is 23.5. The van der Waals surface area contributed by atoms with Crippen molar-refractivity contribution in [2.45, 2.75) is 31.2 Å². The highest BCUT2D eigenvalue weighted by Crippen LogP contribution is 2.44. The smallest absolute Gasteiger partial charge is 0.255 e. The van der Waals surface area contributed by atoms with Gasteiger partial charge in [0.2, 0.25) is 0 Å². The monoisotopic (exact) mass is 477 g/mol. The minimum absolute atomic E-state index is 0.0897. The van der Waals surface area contributed by atoms with E-state index in [0.29, 0.717) is 47.6 Å². The molecule has 1 amide bonds. The first-order valence-electron chi connectivity index (χ1n) is 12.1. The van der Waals surface area contributed by atoms with Crippen LogP contribution in [-0.2, 0) is 0 Å². The van der Waals surface area contributed by atoms with Gasteiger partial charge in [0.05, 0.1) is 35.9 Å². The van der Waals surface area contributed by atoms with Gasteiger partial charge in [-0.3, -0.25) is 14.7 Å². The van der Waals surface area contributed by atoms with Crippen molar-refractivity contribution >= 4 is 17.3 Å². The number of hydrogen-bond acceptors (Lipinski definition) is 6. The average Bonchev–Trinajstić information content (AvgIpc) is 3.22. The molecule has 6 rings (SSSR count). The Hall–Kier alpha value is -3.59. The summed E-state index contributed by atoms with van der Waals surface area (Å²) in [6.45, 7) is 3.27. The molecule has 0 saturated carbocycles. The number of pyridine rings is 1. The van der Waals surface area contributed by atoms with Gasteiger partial charge >= 0.3 is 0 Å². The second-order valence-corrected chi connectivity index (χ2v) is 9.32. The van der Waals surface area contributed by atoms with Crippen molar-refractivity contribution in [1.29, 1.82) is 0 Å². The van der Waals surface area contributed by atoms with E-state index in [4.69, 9.17) is 9.47 Å². The van der Waals surface area contributed by atoms with Gasteiger partial charge in [-0.15, -0.1) is 0 Å². The summed E-state index contributed by atoms with van der Waals surface area (Å²) in [5.74, 6) is 0.238. The number of rotatable bonds is 3. The molecule has 0 aliphatic carbocycles. The van der Waals surface area contributed by atoms with Crippen molar-refractivity contribution in [3.63, 3.8) is 0 Å². The summed E-state index contributed by atoms with van der Waals surface area (Å²) in [6.07, 6.45) is 6.52. The molecule has 0 spiro atoms. The van der Waals surface area contributed by atoms with Crippen LogP contribution in [0.4, 0.5) is 15.8 Å². The summed E-state index contributed by atoms with van der Waals surface area (Å²) in [5.41, 5.74) is 3.96. The molecule has 5 heterocycles. The van der Waals surface area contributed by atoms with Crippen molar-refractivity contribution in [2.75, 3.05) is 38.7 Å². The number of methoxy groups -OCH3 is 1. The fraction of sp³-hybridized carbons (Fsp3) is 0.385. The average molecular weight is 478 g/mol. The van der Waals surface area contributed by atoms with Crippen LogP contribution in [0, 0.1) is 5.82 Å². The number of aromatic nitrogens is 2. The molecule has 8 nitrogen and oxygen atoms in total. The van der Waals surface area contributed by atoms with Gasteiger partial charge in [0.1, 0.15) is 12.4 Å². The quantitative estimate of drug-likeness (QED) is 0.528. The lowest BCUT2D eigenvalue weighted by molar-refractivity contribution is 0.0489. The third-order valence-electron chi connectivity index (χ3n) is 7.35. The van der Waals surface area contributed by atoms with E-state index >= 15 is 0 Å². The Balaban J connectivity index is 1.52. The highest BCUT2D eigenvalue weighted by molar-refractivity contribution is 6.07. The number of aromatic amines is 1. The van der Waals surface area contributed by atoms with Crippen LogP contribution < -0.4 is 20.1 Å². The molecule has 3 aliphatic heterocycles. The molecular formula is C26H28FN5O3. The molecule has 1 saturated heterocycles. The van der Waals surface area contributed by atoms with E-state index in [9.17, 15) is 9.18 Å². The number of nitrogens with zero attached hydrogens (tertiary/aromatic N) is 2. The maximum atomic E-state index is 14.5. The van der Waals surface area contributed by atoms with Gasteiger partial charge in [0, 0.05) is 42.5 Å². The van der Waals surface area contributed by atoms with E-state index < -0.39 is 5.82 Å². The van der Waals surface area contributed by atoms with Gasteiger partial charge in [0.15, 0.2) is 11.6 Å². The number of ether oxygens (including phenoxy) is 2. The number of carbonyl (C=O) groups excluding carboxylic acids is 1. The number of H-pyrrole nitrogens is 1. The Bertz CT molecular complexity index is 1280. The van der Waals surface area contributed by atoms with Crippen molar-refractivity contribution in [3.05, 3.63) is 53.7 Å². The molecule has 3 N–H and O–H groups in total. The normalized spacial score (nSPS) is 21.6. The van der Waals surface area contributed by atoms with Crippen LogP contribution in [0.3, 0.4) is 0 Å². The molecule has 9 heteroatoms. The first-order chi connectivity index (χ1) is 17.1. The number of benzene rings is 1. The first-order valence-corrected chi connectivity index (χ1v) is 12.1. The fourth-order valence-electron chi connectivity index (χ4n) is 5.40. The van der Waals surface area contributed by atoms with Gasteiger partial charge in [-0.25, -0.2) is 4.39 Å². The third-order valence-corrected chi connectivity index (χ3v) is 7.35. The molecular weight excluding hydrogens is 449 g/mol. The topological polar surface area (TPSA) is 91.5 Å². The Morgan fingerprint density at radius 1 is 1.26 bits per heavy atom. The number of anilines is 2.